The highest BCUT2D eigenvalue weighted by atomic mass is 16.4. The Morgan fingerprint density at radius 1 is 1.06 bits per heavy atom. The molecule has 2 N–H and O–H groups in total. The molecule has 0 heterocycles. The number of hydrogen-bond acceptors (Lipinski definition) is 2. The Balaban J connectivity index is 1.75. The molecule has 0 radical (unpaired) electrons. The lowest BCUT2D eigenvalue weighted by Crippen LogP contribution is -2.41. The predicted octanol–water partition coefficient (Wildman–Crippen LogP) is 1.62. The van der Waals surface area contributed by atoms with E-state index in [4.69, 9.17) is 0 Å². The smallest absolute Gasteiger partial charge is 0.308 e. The first-order chi connectivity index (χ1) is 8.59. The summed E-state index contributed by atoms with van der Waals surface area (Å²) in [5, 5.41) is 18.7. The van der Waals surface area contributed by atoms with Gasteiger partial charge in [-0.3, -0.25) is 9.59 Å². The van der Waals surface area contributed by atoms with Crippen LogP contribution in [-0.2, 0) is 9.59 Å². The second-order valence-corrected chi connectivity index (χ2v) is 6.34. The normalized spacial score (nSPS) is 51.3. The van der Waals surface area contributed by atoms with Crippen LogP contribution in [0.25, 0.3) is 0 Å². The molecule has 0 aromatic rings. The van der Waals surface area contributed by atoms with E-state index in [1.807, 2.05) is 0 Å². The number of carbonyl (C=O) groups is 2. The first-order valence-corrected chi connectivity index (χ1v) is 6.75. The van der Waals surface area contributed by atoms with Crippen molar-refractivity contribution in [2.24, 2.45) is 41.4 Å². The largest absolute Gasteiger partial charge is 0.481 e. The van der Waals surface area contributed by atoms with Crippen LogP contribution in [0, 0.1) is 41.4 Å². The van der Waals surface area contributed by atoms with Gasteiger partial charge in [-0.15, -0.1) is 0 Å². The van der Waals surface area contributed by atoms with E-state index in [9.17, 15) is 19.8 Å². The van der Waals surface area contributed by atoms with Crippen molar-refractivity contribution in [3.63, 3.8) is 0 Å². The molecule has 3 saturated carbocycles. The van der Waals surface area contributed by atoms with Gasteiger partial charge in [-0.1, -0.05) is 11.6 Å². The molecule has 96 valence electrons. The van der Waals surface area contributed by atoms with Gasteiger partial charge in [0.2, 0.25) is 0 Å². The molecule has 7 atom stereocenters. The third-order valence-corrected chi connectivity index (χ3v) is 5.59. The summed E-state index contributed by atoms with van der Waals surface area (Å²) in [5.74, 6) is -0.716. The third-order valence-electron chi connectivity index (χ3n) is 5.59. The number of fused-ring (bicyclic) bond motifs is 6. The van der Waals surface area contributed by atoms with Crippen LogP contribution in [-0.4, -0.2) is 22.2 Å². The average molecular weight is 248 g/mol. The summed E-state index contributed by atoms with van der Waals surface area (Å²) in [4.78, 5) is 22.8. The average Bonchev–Trinajstić information content (AvgIpc) is 3.17. The lowest BCUT2D eigenvalue weighted by atomic mass is 9.66. The molecule has 0 spiro atoms. The van der Waals surface area contributed by atoms with Crippen LogP contribution in [0.4, 0.5) is 0 Å². The third kappa shape index (κ3) is 1.21. The van der Waals surface area contributed by atoms with E-state index in [1.54, 1.807) is 0 Å². The maximum absolute atomic E-state index is 11.5. The molecule has 7 unspecified atom stereocenters. The van der Waals surface area contributed by atoms with E-state index >= 15 is 0 Å². The van der Waals surface area contributed by atoms with E-state index in [0.717, 1.165) is 12.3 Å². The van der Waals surface area contributed by atoms with Gasteiger partial charge in [-0.05, 0) is 48.9 Å². The maximum Gasteiger partial charge on any atom is 0.308 e. The summed E-state index contributed by atoms with van der Waals surface area (Å²) in [6, 6.07) is 0. The number of aliphatic carboxylic acids is 2. The van der Waals surface area contributed by atoms with Crippen molar-refractivity contribution in [3.8, 4) is 0 Å². The SMILES string of the molecule is O=C(O)C1CC=C2C3CC3C3CC3C2C1C(=O)O. The second-order valence-electron chi connectivity index (χ2n) is 6.34. The van der Waals surface area contributed by atoms with E-state index in [0.29, 0.717) is 24.2 Å². The molecule has 0 saturated heterocycles. The van der Waals surface area contributed by atoms with Crippen LogP contribution in [0.2, 0.25) is 0 Å². The van der Waals surface area contributed by atoms with Crippen molar-refractivity contribution in [2.75, 3.05) is 0 Å². The Kier molecular flexibility index (Phi) is 1.86. The summed E-state index contributed by atoms with van der Waals surface area (Å²) in [7, 11) is 0. The quantitative estimate of drug-likeness (QED) is 0.728. The monoisotopic (exact) mass is 248 g/mol. The van der Waals surface area contributed by atoms with Crippen molar-refractivity contribution >= 4 is 11.9 Å². The van der Waals surface area contributed by atoms with Crippen molar-refractivity contribution in [1.29, 1.82) is 0 Å². The second kappa shape index (κ2) is 3.16. The van der Waals surface area contributed by atoms with Crippen molar-refractivity contribution in [1.82, 2.24) is 0 Å². The molecule has 4 aliphatic rings. The topological polar surface area (TPSA) is 74.6 Å². The standard InChI is InChI=1S/C14H16O4/c15-13(16)6-2-1-5-7-3-8(7)9-4-10(9)11(5)12(6)14(17)18/h1,6-12H,2-4H2,(H,15,16)(H,17,18). The number of carboxylic acid groups (broad SMARTS) is 2. The zero-order chi connectivity index (χ0) is 12.6. The number of carboxylic acids is 2. The van der Waals surface area contributed by atoms with Gasteiger partial charge in [0.05, 0.1) is 11.8 Å². The molecule has 0 aromatic heterocycles. The Morgan fingerprint density at radius 3 is 2.50 bits per heavy atom. The van der Waals surface area contributed by atoms with E-state index in [1.165, 1.54) is 12.0 Å². The van der Waals surface area contributed by atoms with Gasteiger partial charge in [0.1, 0.15) is 0 Å². The van der Waals surface area contributed by atoms with Crippen molar-refractivity contribution < 1.29 is 19.8 Å². The summed E-state index contributed by atoms with van der Waals surface area (Å²) in [6.07, 6.45) is 4.80. The Morgan fingerprint density at radius 2 is 1.83 bits per heavy atom. The van der Waals surface area contributed by atoms with Crippen LogP contribution in [0.3, 0.4) is 0 Å². The fourth-order valence-electron chi connectivity index (χ4n) is 4.71. The molecular formula is C14H16O4. The Labute approximate surface area is 105 Å². The molecule has 18 heavy (non-hydrogen) atoms. The van der Waals surface area contributed by atoms with E-state index in [-0.39, 0.29) is 5.92 Å². The number of hydrogen-bond donors (Lipinski definition) is 2. The van der Waals surface area contributed by atoms with Crippen molar-refractivity contribution in [3.05, 3.63) is 11.6 Å². The van der Waals surface area contributed by atoms with Gasteiger partial charge >= 0.3 is 11.9 Å². The van der Waals surface area contributed by atoms with Gasteiger partial charge in [0, 0.05) is 0 Å². The molecule has 4 aliphatic carbocycles. The summed E-state index contributed by atoms with van der Waals surface area (Å²) in [5.41, 5.74) is 1.30. The predicted molar refractivity (Wildman–Crippen MR) is 61.6 cm³/mol. The zero-order valence-electron chi connectivity index (χ0n) is 9.95. The van der Waals surface area contributed by atoms with Crippen LogP contribution in [0.15, 0.2) is 11.6 Å². The fourth-order valence-corrected chi connectivity index (χ4v) is 4.71. The molecule has 0 aromatic carbocycles. The minimum absolute atomic E-state index is 0.0195. The molecule has 0 bridgehead atoms. The van der Waals surface area contributed by atoms with Gasteiger partial charge < -0.3 is 10.2 Å². The molecule has 3 fully saturated rings. The first kappa shape index (κ1) is 10.6. The van der Waals surface area contributed by atoms with Gasteiger partial charge in [0.15, 0.2) is 0 Å². The van der Waals surface area contributed by atoms with Gasteiger partial charge in [0.25, 0.3) is 0 Å². The molecule has 4 heteroatoms. The van der Waals surface area contributed by atoms with Crippen LogP contribution in [0.5, 0.6) is 0 Å². The van der Waals surface area contributed by atoms with Gasteiger partial charge in [-0.25, -0.2) is 0 Å². The van der Waals surface area contributed by atoms with Crippen LogP contribution < -0.4 is 0 Å². The molecular weight excluding hydrogens is 232 g/mol. The lowest BCUT2D eigenvalue weighted by molar-refractivity contribution is -0.156. The summed E-state index contributed by atoms with van der Waals surface area (Å²) in [6.45, 7) is 0. The van der Waals surface area contributed by atoms with Crippen molar-refractivity contribution in [2.45, 2.75) is 19.3 Å². The minimum atomic E-state index is -0.951. The molecule has 4 rings (SSSR count). The zero-order valence-corrected chi connectivity index (χ0v) is 9.95. The minimum Gasteiger partial charge on any atom is -0.481 e. The molecule has 0 amide bonds. The number of allylic oxidation sites excluding steroid dienone is 2. The maximum atomic E-state index is 11.5. The molecule has 4 nitrogen and oxygen atoms in total. The van der Waals surface area contributed by atoms with E-state index in [2.05, 4.69) is 6.08 Å². The van der Waals surface area contributed by atoms with Gasteiger partial charge in [-0.2, -0.15) is 0 Å². The van der Waals surface area contributed by atoms with E-state index < -0.39 is 23.8 Å². The highest BCUT2D eigenvalue weighted by Crippen LogP contribution is 2.71. The highest BCUT2D eigenvalue weighted by molar-refractivity contribution is 5.81. The highest BCUT2D eigenvalue weighted by Gasteiger charge is 2.66. The van der Waals surface area contributed by atoms with Crippen LogP contribution in [0.1, 0.15) is 19.3 Å². The number of rotatable bonds is 2. The summed E-state index contributed by atoms with van der Waals surface area (Å²) >= 11 is 0. The first-order valence-electron chi connectivity index (χ1n) is 6.75. The fraction of sp³-hybridized carbons (Fsp3) is 0.714. The van der Waals surface area contributed by atoms with Crippen LogP contribution >= 0.6 is 0 Å². The lowest BCUT2D eigenvalue weighted by Gasteiger charge is -2.36. The summed E-state index contributed by atoms with van der Waals surface area (Å²) < 4.78 is 0. The Hall–Kier alpha value is -1.32. The Bertz CT molecular complexity index is 480. The molecule has 0 aliphatic heterocycles.